The molecule has 0 saturated heterocycles. The number of pyridine rings is 1. The summed E-state index contributed by atoms with van der Waals surface area (Å²) in [6.07, 6.45) is 6.78. The van der Waals surface area contributed by atoms with E-state index in [9.17, 15) is 4.79 Å². The quantitative estimate of drug-likeness (QED) is 0.730. The lowest BCUT2D eigenvalue weighted by Gasteiger charge is -2.15. The van der Waals surface area contributed by atoms with Crippen LogP contribution >= 0.6 is 0 Å². The molecule has 0 saturated carbocycles. The molecule has 1 atom stereocenters. The molecule has 0 bridgehead atoms. The molecular weight excluding hydrogens is 328 g/mol. The Hall–Kier alpha value is -3.06. The van der Waals surface area contributed by atoms with E-state index in [2.05, 4.69) is 32.6 Å². The van der Waals surface area contributed by atoms with E-state index >= 15 is 0 Å². The fourth-order valence-electron chi connectivity index (χ4n) is 3.39. The van der Waals surface area contributed by atoms with E-state index in [0.717, 1.165) is 24.1 Å². The second-order valence-electron chi connectivity index (χ2n) is 6.47. The number of carbonyl (C=O) groups excluding carboxylic acids is 1. The van der Waals surface area contributed by atoms with Gasteiger partial charge in [0.15, 0.2) is 0 Å². The topological polar surface area (TPSA) is 98.7 Å². The minimum Gasteiger partial charge on any atom is -0.345 e. The Balaban J connectivity index is 1.48. The number of amides is 1. The first-order valence-electron chi connectivity index (χ1n) is 8.63. The summed E-state index contributed by atoms with van der Waals surface area (Å²) in [5.41, 5.74) is 10.7. The fourth-order valence-corrected chi connectivity index (χ4v) is 3.39. The second kappa shape index (κ2) is 7.05. The molecule has 0 spiro atoms. The van der Waals surface area contributed by atoms with E-state index in [1.165, 1.54) is 11.1 Å². The average Bonchev–Trinajstić information content (AvgIpc) is 3.31. The van der Waals surface area contributed by atoms with E-state index in [4.69, 9.17) is 5.73 Å². The van der Waals surface area contributed by atoms with E-state index in [1.54, 1.807) is 24.9 Å². The summed E-state index contributed by atoms with van der Waals surface area (Å²) >= 11 is 0. The molecule has 2 aromatic heterocycles. The SMILES string of the molecule is NCc1ccc2c(c1)CCC2NC(=O)c1ccnc(Cn2cnnc2)c1. The van der Waals surface area contributed by atoms with Crippen LogP contribution in [0.15, 0.2) is 49.2 Å². The van der Waals surface area contributed by atoms with Crippen molar-refractivity contribution in [2.75, 3.05) is 0 Å². The Bertz CT molecular complexity index is 922. The predicted octanol–water partition coefficient (Wildman–Crippen LogP) is 1.60. The van der Waals surface area contributed by atoms with Gasteiger partial charge in [-0.25, -0.2) is 0 Å². The monoisotopic (exact) mass is 348 g/mol. The molecule has 1 aliphatic rings. The van der Waals surface area contributed by atoms with Gasteiger partial charge in [0.05, 0.1) is 18.3 Å². The van der Waals surface area contributed by atoms with E-state index < -0.39 is 0 Å². The third-order valence-electron chi connectivity index (χ3n) is 4.72. The highest BCUT2D eigenvalue weighted by molar-refractivity contribution is 5.94. The van der Waals surface area contributed by atoms with Gasteiger partial charge in [0.1, 0.15) is 12.7 Å². The highest BCUT2D eigenvalue weighted by Gasteiger charge is 2.24. The average molecular weight is 348 g/mol. The number of nitrogens with one attached hydrogen (secondary N) is 1. The molecule has 7 nitrogen and oxygen atoms in total. The standard InChI is InChI=1S/C19H20N6O/c20-9-13-1-3-17-14(7-13)2-4-18(17)24-19(26)15-5-6-21-16(8-15)10-25-11-22-23-12-25/h1,3,5-8,11-12,18H,2,4,9-10,20H2,(H,24,26). The van der Waals surface area contributed by atoms with Gasteiger partial charge in [-0.1, -0.05) is 18.2 Å². The van der Waals surface area contributed by atoms with Crippen molar-refractivity contribution in [3.05, 3.63) is 77.1 Å². The van der Waals surface area contributed by atoms with Crippen LogP contribution in [0, 0.1) is 0 Å². The van der Waals surface area contributed by atoms with Crippen molar-refractivity contribution < 1.29 is 4.79 Å². The molecule has 0 radical (unpaired) electrons. The van der Waals surface area contributed by atoms with Crippen LogP contribution in [0.25, 0.3) is 0 Å². The van der Waals surface area contributed by atoms with Crippen LogP contribution in [0.1, 0.15) is 45.2 Å². The lowest BCUT2D eigenvalue weighted by Crippen LogP contribution is -2.27. The smallest absolute Gasteiger partial charge is 0.251 e. The highest BCUT2D eigenvalue weighted by Crippen LogP contribution is 2.32. The highest BCUT2D eigenvalue weighted by atomic mass is 16.1. The molecule has 4 rings (SSSR count). The third kappa shape index (κ3) is 3.34. The van der Waals surface area contributed by atoms with Crippen LogP contribution in [0.3, 0.4) is 0 Å². The second-order valence-corrected chi connectivity index (χ2v) is 6.47. The first-order valence-corrected chi connectivity index (χ1v) is 8.63. The lowest BCUT2D eigenvalue weighted by atomic mass is 10.0. The van der Waals surface area contributed by atoms with Crippen molar-refractivity contribution in [1.82, 2.24) is 25.1 Å². The molecule has 7 heteroatoms. The molecule has 1 aliphatic carbocycles. The van der Waals surface area contributed by atoms with Gasteiger partial charge in [0.2, 0.25) is 0 Å². The van der Waals surface area contributed by atoms with Crippen LogP contribution in [-0.4, -0.2) is 25.7 Å². The van der Waals surface area contributed by atoms with E-state index in [1.807, 2.05) is 16.7 Å². The maximum Gasteiger partial charge on any atom is 0.251 e. The van der Waals surface area contributed by atoms with Crippen LogP contribution in [-0.2, 0) is 19.5 Å². The summed E-state index contributed by atoms with van der Waals surface area (Å²) < 4.78 is 1.81. The number of nitrogens with zero attached hydrogens (tertiary/aromatic N) is 4. The molecular formula is C19H20N6O. The number of rotatable bonds is 5. The molecule has 1 unspecified atom stereocenters. The maximum absolute atomic E-state index is 12.7. The summed E-state index contributed by atoms with van der Waals surface area (Å²) in [4.78, 5) is 17.0. The number of hydrogen-bond donors (Lipinski definition) is 2. The summed E-state index contributed by atoms with van der Waals surface area (Å²) in [5, 5.41) is 10.7. The number of aryl methyl sites for hydroxylation is 1. The summed E-state index contributed by atoms with van der Waals surface area (Å²) in [7, 11) is 0. The van der Waals surface area contributed by atoms with Crippen molar-refractivity contribution >= 4 is 5.91 Å². The molecule has 2 heterocycles. The molecule has 0 aliphatic heterocycles. The Kier molecular flexibility index (Phi) is 4.45. The number of benzene rings is 1. The van der Waals surface area contributed by atoms with Crippen molar-refractivity contribution in [3.8, 4) is 0 Å². The van der Waals surface area contributed by atoms with Gasteiger partial charge in [0, 0.05) is 18.3 Å². The molecule has 0 fully saturated rings. The Morgan fingerprint density at radius 2 is 2.08 bits per heavy atom. The summed E-state index contributed by atoms with van der Waals surface area (Å²) in [6, 6.07) is 9.84. The fraction of sp³-hybridized carbons (Fsp3) is 0.263. The lowest BCUT2D eigenvalue weighted by molar-refractivity contribution is 0.0936. The Morgan fingerprint density at radius 1 is 1.23 bits per heavy atom. The van der Waals surface area contributed by atoms with Gasteiger partial charge in [-0.3, -0.25) is 9.78 Å². The molecule has 3 N–H and O–H groups in total. The van der Waals surface area contributed by atoms with Gasteiger partial charge >= 0.3 is 0 Å². The first kappa shape index (κ1) is 16.4. The minimum atomic E-state index is -0.0850. The van der Waals surface area contributed by atoms with Crippen LogP contribution in [0.5, 0.6) is 0 Å². The number of fused-ring (bicyclic) bond motifs is 1. The van der Waals surface area contributed by atoms with E-state index in [-0.39, 0.29) is 11.9 Å². The minimum absolute atomic E-state index is 0.0405. The zero-order valence-corrected chi connectivity index (χ0v) is 14.3. The van der Waals surface area contributed by atoms with Crippen LogP contribution < -0.4 is 11.1 Å². The van der Waals surface area contributed by atoms with Crippen molar-refractivity contribution in [2.24, 2.45) is 5.73 Å². The van der Waals surface area contributed by atoms with E-state index in [0.29, 0.717) is 18.7 Å². The molecule has 1 amide bonds. The summed E-state index contributed by atoms with van der Waals surface area (Å²) in [6.45, 7) is 1.07. The van der Waals surface area contributed by atoms with Crippen molar-refractivity contribution in [2.45, 2.75) is 32.0 Å². The zero-order chi connectivity index (χ0) is 17.9. The molecule has 132 valence electrons. The van der Waals surface area contributed by atoms with Gasteiger partial charge in [-0.2, -0.15) is 0 Å². The van der Waals surface area contributed by atoms with Crippen molar-refractivity contribution in [3.63, 3.8) is 0 Å². The van der Waals surface area contributed by atoms with Gasteiger partial charge in [0.25, 0.3) is 5.91 Å². The first-order chi connectivity index (χ1) is 12.7. The van der Waals surface area contributed by atoms with Gasteiger partial charge < -0.3 is 15.6 Å². The number of aromatic nitrogens is 4. The maximum atomic E-state index is 12.7. The predicted molar refractivity (Wildman–Crippen MR) is 96.2 cm³/mol. The van der Waals surface area contributed by atoms with Gasteiger partial charge in [-0.15, -0.1) is 10.2 Å². The molecule has 26 heavy (non-hydrogen) atoms. The zero-order valence-electron chi connectivity index (χ0n) is 14.3. The van der Waals surface area contributed by atoms with Gasteiger partial charge in [-0.05, 0) is 41.7 Å². The number of nitrogens with two attached hydrogens (primary N) is 1. The van der Waals surface area contributed by atoms with Crippen LogP contribution in [0.4, 0.5) is 0 Å². The number of carbonyl (C=O) groups is 1. The number of hydrogen-bond acceptors (Lipinski definition) is 5. The Labute approximate surface area is 151 Å². The largest absolute Gasteiger partial charge is 0.345 e. The molecule has 3 aromatic rings. The normalized spacial score (nSPS) is 15.7. The summed E-state index contributed by atoms with van der Waals surface area (Å²) in [5.74, 6) is -0.0850. The van der Waals surface area contributed by atoms with Crippen molar-refractivity contribution in [1.29, 1.82) is 0 Å². The third-order valence-corrected chi connectivity index (χ3v) is 4.72. The van der Waals surface area contributed by atoms with Crippen LogP contribution in [0.2, 0.25) is 0 Å². The molecule has 1 aromatic carbocycles. The Morgan fingerprint density at radius 3 is 2.88 bits per heavy atom.